The number of hydrogen-bond donors (Lipinski definition) is 2. The molecular formula is C12H13F3N4O2. The van der Waals surface area contributed by atoms with E-state index in [4.69, 9.17) is 0 Å². The van der Waals surface area contributed by atoms with Gasteiger partial charge in [-0.2, -0.15) is 13.2 Å². The van der Waals surface area contributed by atoms with Crippen molar-refractivity contribution in [1.29, 1.82) is 0 Å². The molecule has 0 amide bonds. The van der Waals surface area contributed by atoms with Gasteiger partial charge in [0.2, 0.25) is 0 Å². The van der Waals surface area contributed by atoms with E-state index >= 15 is 0 Å². The molecule has 1 aromatic rings. The fraction of sp³-hybridized carbons (Fsp3) is 0.417. The van der Waals surface area contributed by atoms with Crippen molar-refractivity contribution in [1.82, 2.24) is 10.6 Å². The fourth-order valence-corrected chi connectivity index (χ4v) is 1.88. The van der Waals surface area contributed by atoms with Crippen LogP contribution in [0.2, 0.25) is 0 Å². The zero-order chi connectivity index (χ0) is 15.5. The number of nitro benzene ring substituents is 1. The van der Waals surface area contributed by atoms with Gasteiger partial charge < -0.3 is 10.6 Å². The first kappa shape index (κ1) is 15.1. The molecule has 0 fully saturated rings. The van der Waals surface area contributed by atoms with Crippen molar-refractivity contribution in [3.8, 4) is 0 Å². The number of rotatable bonds is 3. The molecule has 0 aromatic heterocycles. The largest absolute Gasteiger partial charge is 0.416 e. The zero-order valence-corrected chi connectivity index (χ0v) is 10.9. The summed E-state index contributed by atoms with van der Waals surface area (Å²) in [6.45, 7) is 1.39. The van der Waals surface area contributed by atoms with Gasteiger partial charge in [0, 0.05) is 31.8 Å². The highest BCUT2D eigenvalue weighted by molar-refractivity contribution is 5.80. The predicted octanol–water partition coefficient (Wildman–Crippen LogP) is 2.05. The summed E-state index contributed by atoms with van der Waals surface area (Å²) in [6, 6.07) is 2.54. The third-order valence-electron chi connectivity index (χ3n) is 2.87. The average Bonchev–Trinajstić information content (AvgIpc) is 2.45. The van der Waals surface area contributed by atoms with Gasteiger partial charge in [0.15, 0.2) is 5.96 Å². The molecular weight excluding hydrogens is 289 g/mol. The fourth-order valence-electron chi connectivity index (χ4n) is 1.88. The highest BCUT2D eigenvalue weighted by atomic mass is 19.4. The Kier molecular flexibility index (Phi) is 4.29. The first-order valence-corrected chi connectivity index (χ1v) is 6.24. The maximum atomic E-state index is 12.7. The molecule has 6 nitrogen and oxygen atoms in total. The first-order valence-electron chi connectivity index (χ1n) is 6.24. The Labute approximate surface area is 118 Å². The third-order valence-corrected chi connectivity index (χ3v) is 2.87. The SMILES string of the molecule is O=[N+]([O-])c1cc(CNC2=NCCCN2)cc(C(F)(F)F)c1. The van der Waals surface area contributed by atoms with Crippen LogP contribution in [-0.4, -0.2) is 24.0 Å². The van der Waals surface area contributed by atoms with E-state index in [1.54, 1.807) is 0 Å². The van der Waals surface area contributed by atoms with Gasteiger partial charge >= 0.3 is 6.18 Å². The van der Waals surface area contributed by atoms with Crippen molar-refractivity contribution >= 4 is 11.6 Å². The molecule has 2 N–H and O–H groups in total. The maximum Gasteiger partial charge on any atom is 0.416 e. The number of alkyl halides is 3. The molecule has 1 heterocycles. The van der Waals surface area contributed by atoms with Gasteiger partial charge in [-0.15, -0.1) is 0 Å². The number of nitrogens with zero attached hydrogens (tertiary/aromatic N) is 2. The number of benzene rings is 1. The lowest BCUT2D eigenvalue weighted by Gasteiger charge is -2.16. The summed E-state index contributed by atoms with van der Waals surface area (Å²) in [5.74, 6) is 0.487. The van der Waals surface area contributed by atoms with Crippen LogP contribution in [-0.2, 0) is 12.7 Å². The molecule has 2 rings (SSSR count). The number of aliphatic imine (C=N–C) groups is 1. The lowest BCUT2D eigenvalue weighted by molar-refractivity contribution is -0.385. The molecule has 1 aromatic carbocycles. The summed E-state index contributed by atoms with van der Waals surface area (Å²) in [4.78, 5) is 14.0. The quantitative estimate of drug-likeness (QED) is 0.661. The van der Waals surface area contributed by atoms with Gasteiger partial charge in [-0.3, -0.25) is 15.1 Å². The lowest BCUT2D eigenvalue weighted by Crippen LogP contribution is -2.40. The van der Waals surface area contributed by atoms with E-state index in [2.05, 4.69) is 15.6 Å². The number of nitrogens with one attached hydrogen (secondary N) is 2. The van der Waals surface area contributed by atoms with E-state index < -0.39 is 22.4 Å². The lowest BCUT2D eigenvalue weighted by atomic mass is 10.1. The second-order valence-corrected chi connectivity index (χ2v) is 4.51. The van der Waals surface area contributed by atoms with Crippen LogP contribution < -0.4 is 10.6 Å². The molecule has 0 aliphatic carbocycles. The van der Waals surface area contributed by atoms with Crippen LogP contribution in [0.1, 0.15) is 17.5 Å². The van der Waals surface area contributed by atoms with E-state index in [0.717, 1.165) is 25.1 Å². The van der Waals surface area contributed by atoms with Crippen LogP contribution in [0.25, 0.3) is 0 Å². The summed E-state index contributed by atoms with van der Waals surface area (Å²) >= 11 is 0. The Morgan fingerprint density at radius 2 is 2.14 bits per heavy atom. The molecule has 0 saturated heterocycles. The van der Waals surface area contributed by atoms with E-state index in [1.165, 1.54) is 0 Å². The van der Waals surface area contributed by atoms with Gasteiger partial charge in [0.1, 0.15) is 0 Å². The van der Waals surface area contributed by atoms with Gasteiger partial charge in [0.05, 0.1) is 10.5 Å². The van der Waals surface area contributed by atoms with Crippen molar-refractivity contribution in [2.75, 3.05) is 13.1 Å². The monoisotopic (exact) mass is 302 g/mol. The van der Waals surface area contributed by atoms with E-state index in [-0.39, 0.29) is 12.1 Å². The molecule has 0 spiro atoms. The van der Waals surface area contributed by atoms with Crippen molar-refractivity contribution in [3.63, 3.8) is 0 Å². The first-order chi connectivity index (χ1) is 9.86. The second-order valence-electron chi connectivity index (χ2n) is 4.51. The summed E-state index contributed by atoms with van der Waals surface area (Å²) in [6.07, 6.45) is -3.73. The topological polar surface area (TPSA) is 79.6 Å². The molecule has 0 atom stereocenters. The Hall–Kier alpha value is -2.32. The van der Waals surface area contributed by atoms with Crippen molar-refractivity contribution in [3.05, 3.63) is 39.4 Å². The molecule has 9 heteroatoms. The summed E-state index contributed by atoms with van der Waals surface area (Å²) in [5.41, 5.74) is -1.45. The molecule has 1 aliphatic rings. The van der Waals surface area contributed by atoms with Gasteiger partial charge in [-0.1, -0.05) is 0 Å². The summed E-state index contributed by atoms with van der Waals surface area (Å²) in [5, 5.41) is 16.5. The number of non-ortho nitro benzene ring substituents is 1. The number of hydrogen-bond acceptors (Lipinski definition) is 5. The molecule has 1 aliphatic heterocycles. The standard InChI is InChI=1S/C12H13F3N4O2/c13-12(14,15)9-4-8(5-10(6-9)19(20)21)7-18-11-16-2-1-3-17-11/h4-6H,1-3,7H2,(H2,16,17,18). The highest BCUT2D eigenvalue weighted by Gasteiger charge is 2.32. The van der Waals surface area contributed by atoms with E-state index in [1.807, 2.05) is 0 Å². The van der Waals surface area contributed by atoms with Gasteiger partial charge in [-0.25, -0.2) is 0 Å². The van der Waals surface area contributed by atoms with Crippen molar-refractivity contribution < 1.29 is 18.1 Å². The molecule has 0 bridgehead atoms. The van der Waals surface area contributed by atoms with E-state index in [0.29, 0.717) is 18.6 Å². The van der Waals surface area contributed by atoms with Crippen molar-refractivity contribution in [2.24, 2.45) is 4.99 Å². The predicted molar refractivity (Wildman–Crippen MR) is 69.9 cm³/mol. The Bertz CT molecular complexity index is 572. The summed E-state index contributed by atoms with van der Waals surface area (Å²) in [7, 11) is 0. The minimum Gasteiger partial charge on any atom is -0.356 e. The van der Waals surface area contributed by atoms with Crippen molar-refractivity contribution in [2.45, 2.75) is 19.1 Å². The van der Waals surface area contributed by atoms with Crippen LogP contribution in [0.4, 0.5) is 18.9 Å². The Balaban J connectivity index is 2.19. The van der Waals surface area contributed by atoms with Crippen LogP contribution in [0.5, 0.6) is 0 Å². The molecule has 0 saturated carbocycles. The zero-order valence-electron chi connectivity index (χ0n) is 10.9. The van der Waals surface area contributed by atoms with Gasteiger partial charge in [0.25, 0.3) is 5.69 Å². The average molecular weight is 302 g/mol. The minimum atomic E-state index is -4.62. The Morgan fingerprint density at radius 3 is 2.71 bits per heavy atom. The second kappa shape index (κ2) is 5.98. The van der Waals surface area contributed by atoms with Crippen LogP contribution in [0.3, 0.4) is 0 Å². The van der Waals surface area contributed by atoms with Crippen LogP contribution in [0.15, 0.2) is 23.2 Å². The van der Waals surface area contributed by atoms with Crippen LogP contribution >= 0.6 is 0 Å². The molecule has 0 unspecified atom stereocenters. The van der Waals surface area contributed by atoms with Gasteiger partial charge in [-0.05, 0) is 18.1 Å². The number of guanidine groups is 1. The molecule has 114 valence electrons. The molecule has 0 radical (unpaired) electrons. The third kappa shape index (κ3) is 4.07. The maximum absolute atomic E-state index is 12.7. The highest BCUT2D eigenvalue weighted by Crippen LogP contribution is 2.32. The Morgan fingerprint density at radius 1 is 1.38 bits per heavy atom. The normalized spacial score (nSPS) is 15.1. The smallest absolute Gasteiger partial charge is 0.356 e. The minimum absolute atomic E-state index is 0.0244. The van der Waals surface area contributed by atoms with E-state index in [9.17, 15) is 23.3 Å². The number of nitro groups is 1. The summed E-state index contributed by atoms with van der Waals surface area (Å²) < 4.78 is 38.2. The molecule has 21 heavy (non-hydrogen) atoms. The van der Waals surface area contributed by atoms with Crippen LogP contribution in [0, 0.1) is 10.1 Å². The number of halogens is 3.